The van der Waals surface area contributed by atoms with Gasteiger partial charge in [0.05, 0.1) is 0 Å². The Bertz CT molecular complexity index is 478. The van der Waals surface area contributed by atoms with Crippen molar-refractivity contribution in [3.8, 4) is 0 Å². The third kappa shape index (κ3) is 1.24. The molecule has 1 aliphatic heterocycles. The summed E-state index contributed by atoms with van der Waals surface area (Å²) < 4.78 is 5.39. The lowest BCUT2D eigenvalue weighted by molar-refractivity contribution is -0.130. The van der Waals surface area contributed by atoms with Crippen molar-refractivity contribution in [2.75, 3.05) is 7.05 Å². The van der Waals surface area contributed by atoms with Crippen molar-refractivity contribution in [2.24, 2.45) is 0 Å². The summed E-state index contributed by atoms with van der Waals surface area (Å²) in [5.74, 6) is 1.12. The van der Waals surface area contributed by atoms with Crippen molar-refractivity contribution in [3.63, 3.8) is 0 Å². The summed E-state index contributed by atoms with van der Waals surface area (Å²) in [5, 5.41) is 2.68. The third-order valence-electron chi connectivity index (χ3n) is 2.97. The Morgan fingerprint density at radius 3 is 2.38 bits per heavy atom. The summed E-state index contributed by atoms with van der Waals surface area (Å²) in [6.07, 6.45) is 0. The maximum atomic E-state index is 12.0. The van der Waals surface area contributed by atoms with Gasteiger partial charge in [-0.05, 0) is 26.8 Å². The maximum Gasteiger partial charge on any atom is 0.325 e. The van der Waals surface area contributed by atoms with Gasteiger partial charge in [0.25, 0.3) is 5.91 Å². The van der Waals surface area contributed by atoms with Crippen LogP contribution in [-0.2, 0) is 10.3 Å². The van der Waals surface area contributed by atoms with Gasteiger partial charge in [-0.1, -0.05) is 0 Å². The fourth-order valence-electron chi connectivity index (χ4n) is 2.09. The normalized spacial score (nSPS) is 25.1. The molecule has 1 saturated heterocycles. The Morgan fingerprint density at radius 2 is 2.00 bits per heavy atom. The van der Waals surface area contributed by atoms with Crippen LogP contribution in [0.15, 0.2) is 10.5 Å². The number of imide groups is 1. The minimum Gasteiger partial charge on any atom is -0.466 e. The smallest absolute Gasteiger partial charge is 0.325 e. The van der Waals surface area contributed by atoms with E-state index in [2.05, 4.69) is 5.32 Å². The average Bonchev–Trinajstić information content (AvgIpc) is 2.63. The molecule has 1 atom stereocenters. The molecule has 0 radical (unpaired) electrons. The number of carbonyl (C=O) groups is 2. The molecule has 16 heavy (non-hydrogen) atoms. The van der Waals surface area contributed by atoms with Crippen LogP contribution in [0, 0.1) is 13.8 Å². The molecule has 1 aromatic heterocycles. The van der Waals surface area contributed by atoms with Gasteiger partial charge in [0.2, 0.25) is 0 Å². The molecule has 5 heteroatoms. The number of hydrogen-bond donors (Lipinski definition) is 1. The van der Waals surface area contributed by atoms with Gasteiger partial charge in [-0.25, -0.2) is 4.79 Å². The van der Waals surface area contributed by atoms with Crippen LogP contribution in [0.5, 0.6) is 0 Å². The molecule has 1 fully saturated rings. The van der Waals surface area contributed by atoms with Crippen molar-refractivity contribution in [1.82, 2.24) is 10.2 Å². The number of urea groups is 1. The molecule has 0 aliphatic carbocycles. The SMILES string of the molecule is Cc1cc([C@@]2(C)NC(=O)N(C)C2=O)c(C)o1. The van der Waals surface area contributed by atoms with E-state index >= 15 is 0 Å². The van der Waals surface area contributed by atoms with Crippen molar-refractivity contribution >= 4 is 11.9 Å². The van der Waals surface area contributed by atoms with E-state index in [1.807, 2.05) is 6.92 Å². The van der Waals surface area contributed by atoms with Gasteiger partial charge in [0.15, 0.2) is 0 Å². The second-order valence-corrected chi connectivity index (χ2v) is 4.25. The Morgan fingerprint density at radius 1 is 1.38 bits per heavy atom. The molecule has 3 amide bonds. The summed E-state index contributed by atoms with van der Waals surface area (Å²) >= 11 is 0. The van der Waals surface area contributed by atoms with Gasteiger partial charge >= 0.3 is 6.03 Å². The quantitative estimate of drug-likeness (QED) is 0.728. The standard InChI is InChI=1S/C11H14N2O3/c1-6-5-8(7(2)16-6)11(3)9(14)13(4)10(15)12-11/h5H,1-4H3,(H,12,15)/t11-/m1/s1. The molecule has 0 bridgehead atoms. The first-order valence-corrected chi connectivity index (χ1v) is 5.04. The van der Waals surface area contributed by atoms with Crippen LogP contribution in [-0.4, -0.2) is 23.9 Å². The van der Waals surface area contributed by atoms with Crippen molar-refractivity contribution < 1.29 is 14.0 Å². The highest BCUT2D eigenvalue weighted by Gasteiger charge is 2.48. The van der Waals surface area contributed by atoms with Gasteiger partial charge in [-0.2, -0.15) is 0 Å². The van der Waals surface area contributed by atoms with Gasteiger partial charge in [-0.3, -0.25) is 9.69 Å². The highest BCUT2D eigenvalue weighted by atomic mass is 16.3. The highest BCUT2D eigenvalue weighted by molar-refractivity contribution is 6.07. The lowest BCUT2D eigenvalue weighted by Crippen LogP contribution is -2.40. The van der Waals surface area contributed by atoms with E-state index in [1.54, 1.807) is 19.9 Å². The largest absolute Gasteiger partial charge is 0.466 e. The van der Waals surface area contributed by atoms with E-state index in [9.17, 15) is 9.59 Å². The van der Waals surface area contributed by atoms with E-state index in [0.717, 1.165) is 10.7 Å². The monoisotopic (exact) mass is 222 g/mol. The lowest BCUT2D eigenvalue weighted by Gasteiger charge is -2.20. The first kappa shape index (κ1) is 10.7. The van der Waals surface area contributed by atoms with Crippen LogP contribution in [0.3, 0.4) is 0 Å². The van der Waals surface area contributed by atoms with Crippen molar-refractivity contribution in [1.29, 1.82) is 0 Å². The van der Waals surface area contributed by atoms with Gasteiger partial charge < -0.3 is 9.73 Å². The fraction of sp³-hybridized carbons (Fsp3) is 0.455. The topological polar surface area (TPSA) is 62.6 Å². The second-order valence-electron chi connectivity index (χ2n) is 4.25. The molecule has 0 spiro atoms. The third-order valence-corrected chi connectivity index (χ3v) is 2.97. The molecular weight excluding hydrogens is 208 g/mol. The maximum absolute atomic E-state index is 12.0. The first-order valence-electron chi connectivity index (χ1n) is 5.04. The van der Waals surface area contributed by atoms with Crippen LogP contribution in [0.25, 0.3) is 0 Å². The van der Waals surface area contributed by atoms with E-state index in [1.165, 1.54) is 7.05 Å². The van der Waals surface area contributed by atoms with Crippen LogP contribution >= 0.6 is 0 Å². The number of likely N-dealkylation sites (N-methyl/N-ethyl adjacent to an activating group) is 1. The molecule has 1 aliphatic rings. The molecular formula is C11H14N2O3. The predicted molar refractivity (Wildman–Crippen MR) is 56.8 cm³/mol. The molecule has 0 unspecified atom stereocenters. The summed E-state index contributed by atoms with van der Waals surface area (Å²) in [6, 6.07) is 1.40. The van der Waals surface area contributed by atoms with Gasteiger partial charge in [0, 0.05) is 12.6 Å². The van der Waals surface area contributed by atoms with Crippen LogP contribution in [0.2, 0.25) is 0 Å². The minimum atomic E-state index is -1.01. The molecule has 0 saturated carbocycles. The number of carbonyl (C=O) groups excluding carboxylic acids is 2. The Labute approximate surface area is 93.4 Å². The van der Waals surface area contributed by atoms with E-state index in [0.29, 0.717) is 11.3 Å². The van der Waals surface area contributed by atoms with E-state index < -0.39 is 5.54 Å². The average molecular weight is 222 g/mol. The number of amides is 3. The Hall–Kier alpha value is -1.78. The lowest BCUT2D eigenvalue weighted by atomic mass is 9.92. The molecule has 0 aromatic carbocycles. The molecule has 1 N–H and O–H groups in total. The second kappa shape index (κ2) is 3.10. The fourth-order valence-corrected chi connectivity index (χ4v) is 2.09. The molecule has 5 nitrogen and oxygen atoms in total. The highest BCUT2D eigenvalue weighted by Crippen LogP contribution is 2.31. The number of nitrogens with zero attached hydrogens (tertiary/aromatic N) is 1. The summed E-state index contributed by atoms with van der Waals surface area (Å²) in [5.41, 5.74) is -0.291. The minimum absolute atomic E-state index is 0.263. The van der Waals surface area contributed by atoms with Crippen molar-refractivity contribution in [2.45, 2.75) is 26.3 Å². The van der Waals surface area contributed by atoms with E-state index in [4.69, 9.17) is 4.42 Å². The van der Waals surface area contributed by atoms with Gasteiger partial charge in [0.1, 0.15) is 17.1 Å². The first-order chi connectivity index (χ1) is 7.36. The molecule has 2 heterocycles. The number of furan rings is 1. The molecule has 86 valence electrons. The predicted octanol–water partition coefficient (Wildman–Crippen LogP) is 1.29. The summed E-state index contributed by atoms with van der Waals surface area (Å²) in [6.45, 7) is 5.28. The summed E-state index contributed by atoms with van der Waals surface area (Å²) in [4.78, 5) is 24.5. The Kier molecular flexibility index (Phi) is 2.08. The molecule has 2 rings (SSSR count). The van der Waals surface area contributed by atoms with Crippen LogP contribution in [0.1, 0.15) is 24.0 Å². The number of rotatable bonds is 1. The Balaban J connectivity index is 2.52. The number of aryl methyl sites for hydroxylation is 2. The zero-order chi connectivity index (χ0) is 12.1. The van der Waals surface area contributed by atoms with E-state index in [-0.39, 0.29) is 11.9 Å². The van der Waals surface area contributed by atoms with Gasteiger partial charge in [-0.15, -0.1) is 0 Å². The zero-order valence-electron chi connectivity index (χ0n) is 9.75. The van der Waals surface area contributed by atoms with Crippen molar-refractivity contribution in [3.05, 3.63) is 23.2 Å². The number of nitrogens with one attached hydrogen (secondary N) is 1. The van der Waals surface area contributed by atoms with Crippen LogP contribution < -0.4 is 5.32 Å². The molecule has 1 aromatic rings. The van der Waals surface area contributed by atoms with Crippen LogP contribution in [0.4, 0.5) is 4.79 Å². The zero-order valence-corrected chi connectivity index (χ0v) is 9.75. The number of hydrogen-bond acceptors (Lipinski definition) is 3. The summed E-state index contributed by atoms with van der Waals surface area (Å²) in [7, 11) is 1.46.